The lowest BCUT2D eigenvalue weighted by Gasteiger charge is -2.14. The van der Waals surface area contributed by atoms with Crippen LogP contribution in [0.25, 0.3) is 16.9 Å². The summed E-state index contributed by atoms with van der Waals surface area (Å²) >= 11 is 8.23. The molecule has 0 saturated heterocycles. The second-order valence-electron chi connectivity index (χ2n) is 8.13. The van der Waals surface area contributed by atoms with E-state index in [2.05, 4.69) is 5.10 Å². The number of rotatable bonds is 8. The largest absolute Gasteiger partial charge is 0.493 e. The van der Waals surface area contributed by atoms with Crippen molar-refractivity contribution in [3.63, 3.8) is 0 Å². The van der Waals surface area contributed by atoms with Crippen LogP contribution in [-0.4, -0.2) is 48.0 Å². The summed E-state index contributed by atoms with van der Waals surface area (Å²) < 4.78 is 20.1. The summed E-state index contributed by atoms with van der Waals surface area (Å²) in [7, 11) is 4.77. The molecule has 36 heavy (non-hydrogen) atoms. The maximum absolute atomic E-state index is 6.73. The van der Waals surface area contributed by atoms with E-state index >= 15 is 0 Å². The molecule has 2 aromatic heterocycles. The molecule has 0 spiro atoms. The highest BCUT2D eigenvalue weighted by atomic mass is 35.5. The number of nitrogens with zero attached hydrogens (tertiary/aromatic N) is 5. The lowest BCUT2D eigenvalue weighted by Crippen LogP contribution is -2.14. The fraction of sp³-hybridized carbons (Fsp3) is 0.269. The maximum atomic E-state index is 6.73. The second kappa shape index (κ2) is 11.0. The molecular formula is C26H28ClN5O3S. The molecule has 10 heteroatoms. The number of halogens is 1. The van der Waals surface area contributed by atoms with Gasteiger partial charge in [0.25, 0.3) is 0 Å². The summed E-state index contributed by atoms with van der Waals surface area (Å²) in [5.41, 5.74) is 4.03. The Balaban J connectivity index is 1.85. The molecular weight excluding hydrogens is 498 g/mol. The molecule has 0 bridgehead atoms. The van der Waals surface area contributed by atoms with Gasteiger partial charge in [0.05, 0.1) is 50.2 Å². The Hall–Kier alpha value is -3.56. The summed E-state index contributed by atoms with van der Waals surface area (Å²) in [4.78, 5) is 5.51. The zero-order valence-electron chi connectivity index (χ0n) is 21.0. The predicted octanol–water partition coefficient (Wildman–Crippen LogP) is 5.58. The summed E-state index contributed by atoms with van der Waals surface area (Å²) in [5.74, 6) is 1.63. The molecule has 0 unspecified atom stereocenters. The average molecular weight is 526 g/mol. The topological polar surface area (TPSA) is 75.2 Å². The van der Waals surface area contributed by atoms with Gasteiger partial charge in [-0.2, -0.15) is 10.2 Å². The minimum Gasteiger partial charge on any atom is -0.493 e. The van der Waals surface area contributed by atoms with E-state index in [-0.39, 0.29) is 6.04 Å². The van der Waals surface area contributed by atoms with Gasteiger partial charge in [0.2, 0.25) is 10.6 Å². The number of thiazole rings is 1. The van der Waals surface area contributed by atoms with Gasteiger partial charge in [0, 0.05) is 17.0 Å². The van der Waals surface area contributed by atoms with Crippen molar-refractivity contribution < 1.29 is 14.2 Å². The normalized spacial score (nSPS) is 12.1. The van der Waals surface area contributed by atoms with Gasteiger partial charge in [-0.25, -0.2) is 9.36 Å². The fourth-order valence-corrected chi connectivity index (χ4v) is 4.95. The third-order valence-corrected chi connectivity index (χ3v) is 6.56. The molecule has 0 N–H and O–H groups in total. The number of para-hydroxylation sites is 1. The smallest absolute Gasteiger partial charge is 0.206 e. The molecule has 2 aromatic carbocycles. The van der Waals surface area contributed by atoms with Gasteiger partial charge < -0.3 is 14.2 Å². The Morgan fingerprint density at radius 3 is 2.28 bits per heavy atom. The first-order valence-electron chi connectivity index (χ1n) is 11.3. The van der Waals surface area contributed by atoms with Gasteiger partial charge in [-0.1, -0.05) is 29.8 Å². The highest BCUT2D eigenvalue weighted by Gasteiger charge is 2.18. The minimum atomic E-state index is 0.0871. The van der Waals surface area contributed by atoms with Crippen molar-refractivity contribution in [1.82, 2.24) is 14.5 Å². The Bertz CT molecular complexity index is 1430. The highest BCUT2D eigenvalue weighted by Crippen LogP contribution is 2.41. The third kappa shape index (κ3) is 5.03. The molecule has 4 rings (SSSR count). The van der Waals surface area contributed by atoms with Crippen LogP contribution in [0.1, 0.15) is 25.1 Å². The molecule has 0 amide bonds. The number of methoxy groups -OCH3 is 3. The van der Waals surface area contributed by atoms with Crippen molar-refractivity contribution in [2.24, 2.45) is 10.1 Å². The molecule has 0 saturated carbocycles. The van der Waals surface area contributed by atoms with Crippen LogP contribution in [0.3, 0.4) is 0 Å². The van der Waals surface area contributed by atoms with Crippen molar-refractivity contribution >= 4 is 29.2 Å². The summed E-state index contributed by atoms with van der Waals surface area (Å²) in [6.07, 6.45) is 1.72. The van der Waals surface area contributed by atoms with Crippen molar-refractivity contribution in [3.05, 3.63) is 69.1 Å². The first-order valence-corrected chi connectivity index (χ1v) is 12.5. The van der Waals surface area contributed by atoms with E-state index in [1.54, 1.807) is 36.9 Å². The van der Waals surface area contributed by atoms with E-state index in [0.29, 0.717) is 22.4 Å². The van der Waals surface area contributed by atoms with Gasteiger partial charge in [0.1, 0.15) is 5.15 Å². The zero-order valence-corrected chi connectivity index (χ0v) is 22.6. The first-order chi connectivity index (χ1) is 17.4. The van der Waals surface area contributed by atoms with Crippen molar-refractivity contribution in [1.29, 1.82) is 0 Å². The average Bonchev–Trinajstić information content (AvgIpc) is 3.41. The molecule has 0 fully saturated rings. The number of ether oxygens (including phenoxy) is 3. The molecule has 188 valence electrons. The minimum absolute atomic E-state index is 0.0871. The Morgan fingerprint density at radius 2 is 1.69 bits per heavy atom. The molecule has 0 radical (unpaired) electrons. The van der Waals surface area contributed by atoms with Crippen LogP contribution in [-0.2, 0) is 0 Å². The Labute approximate surface area is 219 Å². The second-order valence-corrected chi connectivity index (χ2v) is 9.33. The van der Waals surface area contributed by atoms with E-state index < -0.39 is 0 Å². The molecule has 8 nitrogen and oxygen atoms in total. The van der Waals surface area contributed by atoms with Crippen LogP contribution in [0.2, 0.25) is 5.15 Å². The molecule has 0 aliphatic carbocycles. The van der Waals surface area contributed by atoms with Gasteiger partial charge in [0.15, 0.2) is 11.5 Å². The highest BCUT2D eigenvalue weighted by molar-refractivity contribution is 7.07. The lowest BCUT2D eigenvalue weighted by molar-refractivity contribution is 0.324. The van der Waals surface area contributed by atoms with E-state index in [0.717, 1.165) is 33.0 Å². The summed E-state index contributed by atoms with van der Waals surface area (Å²) in [6.45, 7) is 5.96. The SMILES string of the molecule is COc1cc(-c2csc(=NC(C)C)n2N=Cc2c(C)nn(-c3ccccc3)c2Cl)cc(OC)c1OC. The molecule has 4 aromatic rings. The predicted molar refractivity (Wildman–Crippen MR) is 144 cm³/mol. The van der Waals surface area contributed by atoms with E-state index in [1.807, 2.05) is 68.6 Å². The van der Waals surface area contributed by atoms with Crippen LogP contribution in [0, 0.1) is 6.92 Å². The summed E-state index contributed by atoms with van der Waals surface area (Å²) in [6, 6.07) is 13.6. The van der Waals surface area contributed by atoms with Crippen molar-refractivity contribution in [2.75, 3.05) is 21.3 Å². The molecule has 0 atom stereocenters. The van der Waals surface area contributed by atoms with Crippen LogP contribution >= 0.6 is 22.9 Å². The van der Waals surface area contributed by atoms with Crippen molar-refractivity contribution in [3.8, 4) is 34.2 Å². The monoisotopic (exact) mass is 525 g/mol. The molecule has 0 aliphatic rings. The Kier molecular flexibility index (Phi) is 7.81. The van der Waals surface area contributed by atoms with E-state index in [4.69, 9.17) is 35.9 Å². The maximum Gasteiger partial charge on any atom is 0.206 e. The van der Waals surface area contributed by atoms with Gasteiger partial charge in [-0.3, -0.25) is 4.99 Å². The van der Waals surface area contributed by atoms with Crippen LogP contribution in [0.4, 0.5) is 0 Å². The molecule has 0 aliphatic heterocycles. The van der Waals surface area contributed by atoms with Crippen molar-refractivity contribution in [2.45, 2.75) is 26.8 Å². The van der Waals surface area contributed by atoms with E-state index in [9.17, 15) is 0 Å². The number of hydrogen-bond donors (Lipinski definition) is 0. The number of benzene rings is 2. The van der Waals surface area contributed by atoms with Crippen LogP contribution < -0.4 is 19.0 Å². The Morgan fingerprint density at radius 1 is 1.03 bits per heavy atom. The standard InChI is InChI=1S/C26H28ClN5O3S/c1-16(2)29-26-32(21(15-36-26)18-12-22(33-4)24(35-6)23(13-18)34-5)28-14-20-17(3)30-31(25(20)27)19-10-8-7-9-11-19/h7-16H,1-6H3. The van der Waals surface area contributed by atoms with Crippen LogP contribution in [0.5, 0.6) is 17.2 Å². The number of aromatic nitrogens is 3. The summed E-state index contributed by atoms with van der Waals surface area (Å²) in [5, 5.41) is 11.9. The molecule has 2 heterocycles. The van der Waals surface area contributed by atoms with E-state index in [1.165, 1.54) is 11.3 Å². The van der Waals surface area contributed by atoms with Gasteiger partial charge in [-0.05, 0) is 45.0 Å². The quantitative estimate of drug-likeness (QED) is 0.281. The first kappa shape index (κ1) is 25.5. The lowest BCUT2D eigenvalue weighted by atomic mass is 10.1. The number of hydrogen-bond acceptors (Lipinski definition) is 7. The third-order valence-electron chi connectivity index (χ3n) is 5.37. The van der Waals surface area contributed by atoms with Crippen LogP contribution in [0.15, 0.2) is 57.9 Å². The fourth-order valence-electron chi connectivity index (χ4n) is 3.66. The number of aryl methyl sites for hydroxylation is 1. The van der Waals surface area contributed by atoms with Gasteiger partial charge >= 0.3 is 0 Å². The van der Waals surface area contributed by atoms with Gasteiger partial charge in [-0.15, -0.1) is 11.3 Å². The zero-order chi connectivity index (χ0) is 25.8.